The van der Waals surface area contributed by atoms with Gasteiger partial charge in [0.1, 0.15) is 5.82 Å². The van der Waals surface area contributed by atoms with Crippen LogP contribution in [0.5, 0.6) is 0 Å². The van der Waals surface area contributed by atoms with Gasteiger partial charge < -0.3 is 10.0 Å². The van der Waals surface area contributed by atoms with Gasteiger partial charge in [-0.1, -0.05) is 12.1 Å². The molecule has 5 nitrogen and oxygen atoms in total. The second-order valence-electron chi connectivity index (χ2n) is 6.79. The molecule has 1 aliphatic rings. The van der Waals surface area contributed by atoms with Crippen molar-refractivity contribution in [2.24, 2.45) is 7.05 Å². The standard InChI is InChI=1S/C19H24FN3O2/c1-12-17(13(2)22(3)21-12)10-19(25)23(16-8-9-16)11-18(24)14-4-6-15(20)7-5-14/h4-7,16,18,24H,8-11H2,1-3H3. The monoisotopic (exact) mass is 345 g/mol. The van der Waals surface area contributed by atoms with Gasteiger partial charge in [-0.25, -0.2) is 4.39 Å². The highest BCUT2D eigenvalue weighted by Crippen LogP contribution is 2.30. The molecule has 1 heterocycles. The summed E-state index contributed by atoms with van der Waals surface area (Å²) >= 11 is 0. The van der Waals surface area contributed by atoms with Crippen LogP contribution in [-0.2, 0) is 18.3 Å². The van der Waals surface area contributed by atoms with Gasteiger partial charge in [-0.2, -0.15) is 5.10 Å². The molecule has 1 N–H and O–H groups in total. The second-order valence-corrected chi connectivity index (χ2v) is 6.79. The first-order valence-corrected chi connectivity index (χ1v) is 8.59. The molecule has 6 heteroatoms. The molecule has 1 amide bonds. The Morgan fingerprint density at radius 1 is 1.36 bits per heavy atom. The predicted molar refractivity (Wildman–Crippen MR) is 92.5 cm³/mol. The number of halogens is 1. The van der Waals surface area contributed by atoms with Gasteiger partial charge in [0.25, 0.3) is 0 Å². The van der Waals surface area contributed by atoms with Crippen molar-refractivity contribution < 1.29 is 14.3 Å². The van der Waals surface area contributed by atoms with E-state index in [-0.39, 0.29) is 30.7 Å². The van der Waals surface area contributed by atoms with Crippen LogP contribution in [0.2, 0.25) is 0 Å². The molecule has 2 aromatic rings. The van der Waals surface area contributed by atoms with Crippen molar-refractivity contribution in [3.8, 4) is 0 Å². The third kappa shape index (κ3) is 3.90. The lowest BCUT2D eigenvalue weighted by atomic mass is 10.1. The zero-order chi connectivity index (χ0) is 18.1. The number of carbonyl (C=O) groups is 1. The molecular weight excluding hydrogens is 321 g/mol. The molecule has 3 rings (SSSR count). The number of hydrogen-bond acceptors (Lipinski definition) is 3. The lowest BCUT2D eigenvalue weighted by molar-refractivity contribution is -0.132. The van der Waals surface area contributed by atoms with Crippen molar-refractivity contribution in [2.75, 3.05) is 6.54 Å². The average Bonchev–Trinajstić information content (AvgIpc) is 3.38. The summed E-state index contributed by atoms with van der Waals surface area (Å²) in [4.78, 5) is 14.6. The first-order chi connectivity index (χ1) is 11.9. The topological polar surface area (TPSA) is 58.4 Å². The minimum atomic E-state index is -0.818. The zero-order valence-corrected chi connectivity index (χ0v) is 14.9. The van der Waals surface area contributed by atoms with Gasteiger partial charge in [0.05, 0.1) is 24.8 Å². The van der Waals surface area contributed by atoms with Crippen LogP contribution in [0, 0.1) is 19.7 Å². The second kappa shape index (κ2) is 6.96. The van der Waals surface area contributed by atoms with E-state index in [2.05, 4.69) is 5.10 Å². The highest BCUT2D eigenvalue weighted by molar-refractivity contribution is 5.80. The Bertz CT molecular complexity index is 766. The zero-order valence-electron chi connectivity index (χ0n) is 14.9. The van der Waals surface area contributed by atoms with Gasteiger partial charge >= 0.3 is 0 Å². The lowest BCUT2D eigenvalue weighted by Gasteiger charge is -2.25. The Morgan fingerprint density at radius 2 is 2.00 bits per heavy atom. The molecule has 1 aromatic heterocycles. The molecule has 0 radical (unpaired) electrons. The number of carbonyl (C=O) groups excluding carboxylic acids is 1. The molecule has 1 atom stereocenters. The first-order valence-electron chi connectivity index (χ1n) is 8.59. The van der Waals surface area contributed by atoms with Gasteiger partial charge in [-0.3, -0.25) is 9.48 Å². The minimum absolute atomic E-state index is 0.00265. The molecule has 1 aromatic carbocycles. The van der Waals surface area contributed by atoms with E-state index in [9.17, 15) is 14.3 Å². The SMILES string of the molecule is Cc1nn(C)c(C)c1CC(=O)N(CC(O)c1ccc(F)cc1)C1CC1. The number of hydrogen-bond donors (Lipinski definition) is 1. The Labute approximate surface area is 147 Å². The summed E-state index contributed by atoms with van der Waals surface area (Å²) in [6, 6.07) is 5.96. The molecule has 0 saturated heterocycles. The fraction of sp³-hybridized carbons (Fsp3) is 0.474. The van der Waals surface area contributed by atoms with E-state index in [0.29, 0.717) is 5.56 Å². The highest BCUT2D eigenvalue weighted by Gasteiger charge is 2.34. The van der Waals surface area contributed by atoms with E-state index in [1.165, 1.54) is 12.1 Å². The minimum Gasteiger partial charge on any atom is -0.387 e. The van der Waals surface area contributed by atoms with E-state index in [1.54, 1.807) is 21.7 Å². The fourth-order valence-electron chi connectivity index (χ4n) is 3.14. The van der Waals surface area contributed by atoms with Crippen molar-refractivity contribution in [1.82, 2.24) is 14.7 Å². The quantitative estimate of drug-likeness (QED) is 0.875. The molecule has 1 aliphatic carbocycles. The van der Waals surface area contributed by atoms with Crippen molar-refractivity contribution in [3.63, 3.8) is 0 Å². The van der Waals surface area contributed by atoms with Gasteiger partial charge in [-0.05, 0) is 44.4 Å². The van der Waals surface area contributed by atoms with Crippen molar-refractivity contribution in [1.29, 1.82) is 0 Å². The highest BCUT2D eigenvalue weighted by atomic mass is 19.1. The Balaban J connectivity index is 1.72. The maximum atomic E-state index is 13.0. The third-order valence-electron chi connectivity index (χ3n) is 4.92. The number of aliphatic hydroxyl groups is 1. The van der Waals surface area contributed by atoms with Gasteiger partial charge in [0, 0.05) is 24.3 Å². The molecule has 1 saturated carbocycles. The van der Waals surface area contributed by atoms with Gasteiger partial charge in [0.15, 0.2) is 0 Å². The lowest BCUT2D eigenvalue weighted by Crippen LogP contribution is -2.37. The number of aromatic nitrogens is 2. The molecule has 1 unspecified atom stereocenters. The summed E-state index contributed by atoms with van der Waals surface area (Å²) in [7, 11) is 1.87. The van der Waals surface area contributed by atoms with Crippen LogP contribution in [-0.4, -0.2) is 38.3 Å². The summed E-state index contributed by atoms with van der Waals surface area (Å²) in [6.45, 7) is 4.09. The Hall–Kier alpha value is -2.21. The molecule has 0 spiro atoms. The van der Waals surface area contributed by atoms with Crippen molar-refractivity contribution >= 4 is 5.91 Å². The number of nitrogens with zero attached hydrogens (tertiary/aromatic N) is 3. The third-order valence-corrected chi connectivity index (χ3v) is 4.92. The van der Waals surface area contributed by atoms with Crippen LogP contribution in [0.1, 0.15) is 41.5 Å². The van der Waals surface area contributed by atoms with E-state index in [1.807, 2.05) is 20.9 Å². The van der Waals surface area contributed by atoms with Crippen LogP contribution < -0.4 is 0 Å². The Kier molecular flexibility index (Phi) is 4.90. The summed E-state index contributed by atoms with van der Waals surface area (Å²) < 4.78 is 14.8. The van der Waals surface area contributed by atoms with Crippen molar-refractivity contribution in [2.45, 2.75) is 45.3 Å². The fourth-order valence-corrected chi connectivity index (χ4v) is 3.14. The number of amides is 1. The largest absolute Gasteiger partial charge is 0.387 e. The number of rotatable bonds is 6. The van der Waals surface area contributed by atoms with Crippen LogP contribution in [0.15, 0.2) is 24.3 Å². The number of aryl methyl sites for hydroxylation is 2. The van der Waals surface area contributed by atoms with Crippen LogP contribution in [0.3, 0.4) is 0 Å². The van der Waals surface area contributed by atoms with E-state index < -0.39 is 6.10 Å². The molecule has 0 bridgehead atoms. The first kappa shape index (κ1) is 17.6. The number of benzene rings is 1. The smallest absolute Gasteiger partial charge is 0.227 e. The summed E-state index contributed by atoms with van der Waals surface area (Å²) in [6.07, 6.45) is 1.40. The van der Waals surface area contributed by atoms with Gasteiger partial charge in [0.2, 0.25) is 5.91 Å². The van der Waals surface area contributed by atoms with Gasteiger partial charge in [-0.15, -0.1) is 0 Å². The van der Waals surface area contributed by atoms with Crippen LogP contribution in [0.4, 0.5) is 4.39 Å². The summed E-state index contributed by atoms with van der Waals surface area (Å²) in [5.41, 5.74) is 3.42. The normalized spacial score (nSPS) is 15.2. The molecule has 25 heavy (non-hydrogen) atoms. The molecule has 134 valence electrons. The van der Waals surface area contributed by atoms with E-state index in [0.717, 1.165) is 29.8 Å². The molecule has 0 aliphatic heterocycles. The van der Waals surface area contributed by atoms with E-state index >= 15 is 0 Å². The number of aliphatic hydroxyl groups excluding tert-OH is 1. The summed E-state index contributed by atoms with van der Waals surface area (Å²) in [5.74, 6) is -0.337. The van der Waals surface area contributed by atoms with Crippen LogP contribution in [0.25, 0.3) is 0 Å². The van der Waals surface area contributed by atoms with Crippen LogP contribution >= 0.6 is 0 Å². The van der Waals surface area contributed by atoms with Crippen molar-refractivity contribution in [3.05, 3.63) is 52.6 Å². The molecule has 1 fully saturated rings. The maximum absolute atomic E-state index is 13.0. The van der Waals surface area contributed by atoms with E-state index in [4.69, 9.17) is 0 Å². The average molecular weight is 345 g/mol. The predicted octanol–water partition coefficient (Wildman–Crippen LogP) is 2.44. The summed E-state index contributed by atoms with van der Waals surface area (Å²) in [5, 5.41) is 14.8. The molecular formula is C19H24FN3O2. The maximum Gasteiger partial charge on any atom is 0.227 e. The Morgan fingerprint density at radius 3 is 2.52 bits per heavy atom.